The highest BCUT2D eigenvalue weighted by Crippen LogP contribution is 2.23. The number of halogens is 1. The highest BCUT2D eigenvalue weighted by molar-refractivity contribution is 8.01. The van der Waals surface area contributed by atoms with Crippen molar-refractivity contribution in [2.24, 2.45) is 0 Å². The van der Waals surface area contributed by atoms with Crippen molar-refractivity contribution in [1.29, 1.82) is 0 Å². The second-order valence-electron chi connectivity index (χ2n) is 5.00. The van der Waals surface area contributed by atoms with E-state index >= 15 is 0 Å². The van der Waals surface area contributed by atoms with Crippen molar-refractivity contribution < 1.29 is 14.0 Å². The molecule has 2 aromatic rings. The molecule has 0 spiro atoms. The Hall–Kier alpha value is -2.00. The first-order valence-electron chi connectivity index (χ1n) is 7.30. The molecule has 2 rings (SSSR count). The Balaban J connectivity index is 1.86. The third kappa shape index (κ3) is 5.57. The molecule has 128 valence electrons. The topological polar surface area (TPSA) is 84.0 Å². The summed E-state index contributed by atoms with van der Waals surface area (Å²) in [4.78, 5) is 23.8. The van der Waals surface area contributed by atoms with Crippen molar-refractivity contribution in [3.63, 3.8) is 0 Å². The van der Waals surface area contributed by atoms with E-state index in [0.29, 0.717) is 10.0 Å². The first-order chi connectivity index (χ1) is 11.5. The van der Waals surface area contributed by atoms with Gasteiger partial charge in [-0.2, -0.15) is 0 Å². The molecule has 6 nitrogen and oxygen atoms in total. The van der Waals surface area contributed by atoms with Gasteiger partial charge in [0.05, 0.1) is 5.75 Å². The number of nitrogens with one attached hydrogen (secondary N) is 2. The first-order valence-corrected chi connectivity index (χ1v) is 9.10. The van der Waals surface area contributed by atoms with E-state index in [-0.39, 0.29) is 28.5 Å². The Bertz CT molecular complexity index is 706. The maximum atomic E-state index is 12.8. The largest absolute Gasteiger partial charge is 0.353 e. The van der Waals surface area contributed by atoms with Crippen LogP contribution < -0.4 is 10.6 Å². The van der Waals surface area contributed by atoms with Crippen LogP contribution in [0.5, 0.6) is 0 Å². The van der Waals surface area contributed by atoms with Crippen molar-refractivity contribution in [2.45, 2.75) is 30.6 Å². The lowest BCUT2D eigenvalue weighted by atomic mass is 10.3. The van der Waals surface area contributed by atoms with Crippen molar-refractivity contribution in [1.82, 2.24) is 15.5 Å². The monoisotopic (exact) mass is 368 g/mol. The lowest BCUT2D eigenvalue weighted by Crippen LogP contribution is -2.33. The van der Waals surface area contributed by atoms with Gasteiger partial charge in [-0.1, -0.05) is 30.0 Å². The molecule has 0 fully saturated rings. The zero-order chi connectivity index (χ0) is 17.5. The molecule has 0 saturated carbocycles. The molecule has 1 aromatic carbocycles. The highest BCUT2D eigenvalue weighted by atomic mass is 32.2. The first kappa shape index (κ1) is 18.3. The fraction of sp³-hybridized carbons (Fsp3) is 0.333. The Kier molecular flexibility index (Phi) is 6.68. The number of nitrogens with zero attached hydrogens (tertiary/aromatic N) is 2. The standard InChI is InChI=1S/C15H17FN4O2S2/c1-3-9(2)17-12(21)8-23-15-20-19-14(24-15)13(22)18-11-6-4-10(16)5-7-11/h4-7,9H,3,8H2,1-2H3,(H,17,21)(H,18,22). The van der Waals surface area contributed by atoms with Gasteiger partial charge in [0.15, 0.2) is 4.34 Å². The van der Waals surface area contributed by atoms with E-state index in [0.717, 1.165) is 17.8 Å². The number of thioether (sulfide) groups is 1. The number of carbonyl (C=O) groups is 2. The molecular formula is C15H17FN4O2S2. The lowest BCUT2D eigenvalue weighted by Gasteiger charge is -2.09. The third-order valence-corrected chi connectivity index (χ3v) is 5.10. The van der Waals surface area contributed by atoms with Gasteiger partial charge in [-0.3, -0.25) is 9.59 Å². The van der Waals surface area contributed by atoms with Crippen LogP contribution in [0.1, 0.15) is 30.1 Å². The van der Waals surface area contributed by atoms with Crippen LogP contribution in [0.15, 0.2) is 28.6 Å². The molecule has 0 aliphatic carbocycles. The number of anilines is 1. The van der Waals surface area contributed by atoms with Gasteiger partial charge in [-0.05, 0) is 37.6 Å². The summed E-state index contributed by atoms with van der Waals surface area (Å²) in [6, 6.07) is 5.57. The Morgan fingerprint density at radius 1 is 1.29 bits per heavy atom. The smallest absolute Gasteiger partial charge is 0.286 e. The van der Waals surface area contributed by atoms with Gasteiger partial charge < -0.3 is 10.6 Å². The van der Waals surface area contributed by atoms with E-state index in [1.807, 2.05) is 13.8 Å². The fourth-order valence-electron chi connectivity index (χ4n) is 1.62. The minimum atomic E-state index is -0.421. The van der Waals surface area contributed by atoms with Crippen LogP contribution in [-0.4, -0.2) is 33.8 Å². The van der Waals surface area contributed by atoms with E-state index in [9.17, 15) is 14.0 Å². The molecule has 1 aromatic heterocycles. The molecule has 2 N–H and O–H groups in total. The fourth-order valence-corrected chi connectivity index (χ4v) is 3.18. The van der Waals surface area contributed by atoms with Crippen molar-refractivity contribution in [3.8, 4) is 0 Å². The molecule has 1 unspecified atom stereocenters. The van der Waals surface area contributed by atoms with Crippen LogP contribution in [0, 0.1) is 5.82 Å². The zero-order valence-corrected chi connectivity index (χ0v) is 14.8. The maximum Gasteiger partial charge on any atom is 0.286 e. The molecule has 0 aliphatic rings. The molecule has 2 amide bonds. The van der Waals surface area contributed by atoms with Gasteiger partial charge in [0.2, 0.25) is 10.9 Å². The summed E-state index contributed by atoms with van der Waals surface area (Å²) in [6.07, 6.45) is 0.864. The number of carbonyl (C=O) groups excluding carboxylic acids is 2. The number of rotatable bonds is 7. The molecule has 24 heavy (non-hydrogen) atoms. The van der Waals surface area contributed by atoms with Gasteiger partial charge in [0, 0.05) is 11.7 Å². The summed E-state index contributed by atoms with van der Waals surface area (Å²) in [5, 5.41) is 13.4. The van der Waals surface area contributed by atoms with Crippen LogP contribution in [0.2, 0.25) is 0 Å². The molecule has 9 heteroatoms. The van der Waals surface area contributed by atoms with Gasteiger partial charge >= 0.3 is 0 Å². The summed E-state index contributed by atoms with van der Waals surface area (Å²) in [5.74, 6) is -0.659. The van der Waals surface area contributed by atoms with Gasteiger partial charge in [-0.25, -0.2) is 4.39 Å². The van der Waals surface area contributed by atoms with Crippen LogP contribution >= 0.6 is 23.1 Å². The predicted molar refractivity (Wildman–Crippen MR) is 92.9 cm³/mol. The number of hydrogen-bond acceptors (Lipinski definition) is 6. The van der Waals surface area contributed by atoms with Crippen molar-refractivity contribution in [3.05, 3.63) is 35.1 Å². The second kappa shape index (κ2) is 8.74. The van der Waals surface area contributed by atoms with E-state index in [4.69, 9.17) is 0 Å². The van der Waals surface area contributed by atoms with Crippen molar-refractivity contribution >= 4 is 40.6 Å². The van der Waals surface area contributed by atoms with Crippen LogP contribution in [-0.2, 0) is 4.79 Å². The summed E-state index contributed by atoms with van der Waals surface area (Å²) < 4.78 is 13.4. The quantitative estimate of drug-likeness (QED) is 0.734. The Morgan fingerprint density at radius 2 is 2.00 bits per heavy atom. The van der Waals surface area contributed by atoms with E-state index in [1.165, 1.54) is 36.0 Å². The number of amides is 2. The van der Waals surface area contributed by atoms with E-state index < -0.39 is 5.91 Å². The van der Waals surface area contributed by atoms with Crippen LogP contribution in [0.3, 0.4) is 0 Å². The Labute approximate surface area is 147 Å². The molecule has 0 saturated heterocycles. The van der Waals surface area contributed by atoms with Gasteiger partial charge in [0.1, 0.15) is 5.82 Å². The number of hydrogen-bond donors (Lipinski definition) is 2. The predicted octanol–water partition coefficient (Wildman–Crippen LogP) is 2.94. The second-order valence-corrected chi connectivity index (χ2v) is 7.20. The molecule has 1 atom stereocenters. The lowest BCUT2D eigenvalue weighted by molar-refractivity contribution is -0.119. The normalized spacial score (nSPS) is 11.8. The number of benzene rings is 1. The highest BCUT2D eigenvalue weighted by Gasteiger charge is 2.15. The summed E-state index contributed by atoms with van der Waals surface area (Å²) in [6.45, 7) is 3.93. The number of aromatic nitrogens is 2. The van der Waals surface area contributed by atoms with Crippen LogP contribution in [0.25, 0.3) is 0 Å². The summed E-state index contributed by atoms with van der Waals surface area (Å²) >= 11 is 2.34. The van der Waals surface area contributed by atoms with Gasteiger partial charge in [0.25, 0.3) is 5.91 Å². The average Bonchev–Trinajstić information content (AvgIpc) is 3.04. The SMILES string of the molecule is CCC(C)NC(=O)CSc1nnc(C(=O)Nc2ccc(F)cc2)s1. The van der Waals surface area contributed by atoms with Gasteiger partial charge in [-0.15, -0.1) is 10.2 Å². The maximum absolute atomic E-state index is 12.8. The summed E-state index contributed by atoms with van der Waals surface area (Å²) in [5.41, 5.74) is 0.471. The van der Waals surface area contributed by atoms with Crippen molar-refractivity contribution in [2.75, 3.05) is 11.1 Å². The minimum Gasteiger partial charge on any atom is -0.353 e. The summed E-state index contributed by atoms with van der Waals surface area (Å²) in [7, 11) is 0. The molecule has 0 radical (unpaired) electrons. The van der Waals surface area contributed by atoms with Crippen LogP contribution in [0.4, 0.5) is 10.1 Å². The average molecular weight is 368 g/mol. The molecule has 1 heterocycles. The molecule has 0 bridgehead atoms. The minimum absolute atomic E-state index is 0.0816. The molecule has 0 aliphatic heterocycles. The van der Waals surface area contributed by atoms with E-state index in [1.54, 1.807) is 0 Å². The Morgan fingerprint density at radius 3 is 2.67 bits per heavy atom. The zero-order valence-electron chi connectivity index (χ0n) is 13.2. The van der Waals surface area contributed by atoms with E-state index in [2.05, 4.69) is 20.8 Å². The third-order valence-electron chi connectivity index (χ3n) is 3.05. The molecular weight excluding hydrogens is 351 g/mol.